The van der Waals surface area contributed by atoms with E-state index in [1.54, 1.807) is 18.2 Å². The van der Waals surface area contributed by atoms with Crippen LogP contribution in [0, 0.1) is 11.8 Å². The summed E-state index contributed by atoms with van der Waals surface area (Å²) in [5.41, 5.74) is 6.49. The van der Waals surface area contributed by atoms with E-state index < -0.39 is 17.8 Å². The summed E-state index contributed by atoms with van der Waals surface area (Å²) in [6, 6.07) is 7.03. The highest BCUT2D eigenvalue weighted by Gasteiger charge is 2.35. The summed E-state index contributed by atoms with van der Waals surface area (Å²) in [6.45, 7) is 2.95. The number of hydrogen-bond acceptors (Lipinski definition) is 3. The fourth-order valence-corrected chi connectivity index (χ4v) is 2.44. The molecular formula is C13H16N2O3. The van der Waals surface area contributed by atoms with Crippen LogP contribution in [0.5, 0.6) is 0 Å². The molecule has 0 spiro atoms. The van der Waals surface area contributed by atoms with Gasteiger partial charge in [-0.15, -0.1) is 0 Å². The van der Waals surface area contributed by atoms with Crippen molar-refractivity contribution >= 4 is 17.6 Å². The molecule has 2 rings (SSSR count). The Balaban J connectivity index is 2.29. The van der Waals surface area contributed by atoms with Gasteiger partial charge in [-0.25, -0.2) is 0 Å². The highest BCUT2D eigenvalue weighted by Crippen LogP contribution is 2.30. The predicted octanol–water partition coefficient (Wildman–Crippen LogP) is 0.942. The Morgan fingerprint density at radius 1 is 1.33 bits per heavy atom. The topological polar surface area (TPSA) is 83.6 Å². The molecule has 1 fully saturated rings. The van der Waals surface area contributed by atoms with Crippen molar-refractivity contribution in [2.75, 3.05) is 18.0 Å². The molecule has 0 aliphatic carbocycles. The van der Waals surface area contributed by atoms with E-state index in [1.807, 2.05) is 17.9 Å². The number of anilines is 1. The zero-order valence-electron chi connectivity index (χ0n) is 10.2. The van der Waals surface area contributed by atoms with E-state index in [4.69, 9.17) is 10.8 Å². The van der Waals surface area contributed by atoms with Crippen LogP contribution < -0.4 is 10.6 Å². The van der Waals surface area contributed by atoms with Gasteiger partial charge in [-0.1, -0.05) is 19.1 Å². The third-order valence-electron chi connectivity index (χ3n) is 3.44. The van der Waals surface area contributed by atoms with Crippen LogP contribution in [0.25, 0.3) is 0 Å². The highest BCUT2D eigenvalue weighted by molar-refractivity contribution is 5.98. The molecule has 1 aromatic rings. The van der Waals surface area contributed by atoms with Crippen molar-refractivity contribution in [2.24, 2.45) is 17.6 Å². The lowest BCUT2D eigenvalue weighted by molar-refractivity contribution is -0.142. The van der Waals surface area contributed by atoms with Crippen LogP contribution in [-0.4, -0.2) is 30.1 Å². The zero-order chi connectivity index (χ0) is 13.3. The Kier molecular flexibility index (Phi) is 3.23. The number of carboxylic acid groups (broad SMARTS) is 1. The average Bonchev–Trinajstić information content (AvgIpc) is 2.71. The number of carbonyl (C=O) groups excluding carboxylic acids is 1. The molecule has 1 heterocycles. The number of carboxylic acids is 1. The number of nitrogens with two attached hydrogens (primary N) is 1. The molecule has 0 saturated carbocycles. The van der Waals surface area contributed by atoms with Crippen LogP contribution in [0.3, 0.4) is 0 Å². The fourth-order valence-electron chi connectivity index (χ4n) is 2.44. The molecule has 96 valence electrons. The van der Waals surface area contributed by atoms with Gasteiger partial charge < -0.3 is 15.7 Å². The Morgan fingerprint density at radius 2 is 2.00 bits per heavy atom. The smallest absolute Gasteiger partial charge is 0.308 e. The Bertz CT molecular complexity index is 487. The second kappa shape index (κ2) is 4.68. The molecule has 1 aliphatic rings. The Hall–Kier alpha value is -2.04. The number of primary amides is 1. The summed E-state index contributed by atoms with van der Waals surface area (Å²) < 4.78 is 0. The molecule has 1 amide bonds. The van der Waals surface area contributed by atoms with Crippen LogP contribution in [0.2, 0.25) is 0 Å². The molecule has 1 aromatic carbocycles. The molecule has 2 atom stereocenters. The van der Waals surface area contributed by atoms with Crippen molar-refractivity contribution in [1.29, 1.82) is 0 Å². The van der Waals surface area contributed by atoms with E-state index in [0.717, 1.165) is 5.69 Å². The summed E-state index contributed by atoms with van der Waals surface area (Å²) >= 11 is 0. The van der Waals surface area contributed by atoms with Crippen LogP contribution in [0.1, 0.15) is 17.3 Å². The molecule has 0 radical (unpaired) electrons. The quantitative estimate of drug-likeness (QED) is 0.834. The summed E-state index contributed by atoms with van der Waals surface area (Å²) in [6.07, 6.45) is 0. The van der Waals surface area contributed by atoms with Crippen molar-refractivity contribution in [3.05, 3.63) is 29.8 Å². The number of carbonyl (C=O) groups is 2. The highest BCUT2D eigenvalue weighted by atomic mass is 16.4. The lowest BCUT2D eigenvalue weighted by Gasteiger charge is -2.20. The third kappa shape index (κ3) is 2.16. The predicted molar refractivity (Wildman–Crippen MR) is 67.5 cm³/mol. The monoisotopic (exact) mass is 248 g/mol. The van der Waals surface area contributed by atoms with Crippen LogP contribution in [-0.2, 0) is 4.79 Å². The Morgan fingerprint density at radius 3 is 2.56 bits per heavy atom. The van der Waals surface area contributed by atoms with Gasteiger partial charge in [0.05, 0.1) is 11.5 Å². The second-order valence-electron chi connectivity index (χ2n) is 4.71. The SMILES string of the molecule is C[C@@H]1CN(c2ccccc2C(N)=O)C[C@H]1C(=O)O. The lowest BCUT2D eigenvalue weighted by Crippen LogP contribution is -2.25. The summed E-state index contributed by atoms with van der Waals surface area (Å²) in [5, 5.41) is 9.11. The molecule has 3 N–H and O–H groups in total. The van der Waals surface area contributed by atoms with Crippen molar-refractivity contribution in [3.8, 4) is 0 Å². The first-order valence-corrected chi connectivity index (χ1v) is 5.87. The minimum atomic E-state index is -0.790. The molecule has 18 heavy (non-hydrogen) atoms. The standard InChI is InChI=1S/C13H16N2O3/c1-8-6-15(7-10(8)13(17)18)11-5-3-2-4-9(11)12(14)16/h2-5,8,10H,6-7H2,1H3,(H2,14,16)(H,17,18)/t8-,10-/m1/s1. The van der Waals surface area contributed by atoms with Gasteiger partial charge in [-0.05, 0) is 18.1 Å². The molecule has 1 aliphatic heterocycles. The summed E-state index contributed by atoms with van der Waals surface area (Å²) in [7, 11) is 0. The van der Waals surface area contributed by atoms with Crippen molar-refractivity contribution in [2.45, 2.75) is 6.92 Å². The molecule has 1 saturated heterocycles. The van der Waals surface area contributed by atoms with E-state index in [2.05, 4.69) is 0 Å². The number of rotatable bonds is 3. The number of amides is 1. The lowest BCUT2D eigenvalue weighted by atomic mass is 9.99. The van der Waals surface area contributed by atoms with Crippen LogP contribution in [0.15, 0.2) is 24.3 Å². The summed E-state index contributed by atoms with van der Waals surface area (Å²) in [5.74, 6) is -1.62. The van der Waals surface area contributed by atoms with E-state index in [-0.39, 0.29) is 5.92 Å². The number of para-hydroxylation sites is 1. The first kappa shape index (κ1) is 12.4. The third-order valence-corrected chi connectivity index (χ3v) is 3.44. The normalized spacial score (nSPS) is 23.1. The van der Waals surface area contributed by atoms with Gasteiger partial charge in [0.15, 0.2) is 0 Å². The fraction of sp³-hybridized carbons (Fsp3) is 0.385. The Labute approximate surface area is 105 Å². The number of nitrogens with zero attached hydrogens (tertiary/aromatic N) is 1. The molecular weight excluding hydrogens is 232 g/mol. The zero-order valence-corrected chi connectivity index (χ0v) is 10.2. The maximum atomic E-state index is 11.4. The van der Waals surface area contributed by atoms with Gasteiger partial charge >= 0.3 is 5.97 Å². The first-order chi connectivity index (χ1) is 8.50. The van der Waals surface area contributed by atoms with E-state index >= 15 is 0 Å². The van der Waals surface area contributed by atoms with Gasteiger partial charge in [0.2, 0.25) is 0 Å². The van der Waals surface area contributed by atoms with Crippen molar-refractivity contribution < 1.29 is 14.7 Å². The maximum absolute atomic E-state index is 11.4. The van der Waals surface area contributed by atoms with Crippen molar-refractivity contribution in [1.82, 2.24) is 0 Å². The van der Waals surface area contributed by atoms with Crippen LogP contribution in [0.4, 0.5) is 5.69 Å². The largest absolute Gasteiger partial charge is 0.481 e. The van der Waals surface area contributed by atoms with Crippen molar-refractivity contribution in [3.63, 3.8) is 0 Å². The molecule has 5 heteroatoms. The van der Waals surface area contributed by atoms with E-state index in [1.165, 1.54) is 0 Å². The summed E-state index contributed by atoms with van der Waals surface area (Å²) in [4.78, 5) is 24.4. The molecule has 0 bridgehead atoms. The van der Waals surface area contributed by atoms with Gasteiger partial charge in [0, 0.05) is 18.8 Å². The first-order valence-electron chi connectivity index (χ1n) is 5.87. The second-order valence-corrected chi connectivity index (χ2v) is 4.71. The number of hydrogen-bond donors (Lipinski definition) is 2. The van der Waals surface area contributed by atoms with Gasteiger partial charge in [0.25, 0.3) is 5.91 Å². The van der Waals surface area contributed by atoms with Gasteiger partial charge in [-0.2, -0.15) is 0 Å². The molecule has 0 unspecified atom stereocenters. The van der Waals surface area contributed by atoms with Gasteiger partial charge in [0.1, 0.15) is 0 Å². The number of benzene rings is 1. The van der Waals surface area contributed by atoms with E-state index in [9.17, 15) is 9.59 Å². The van der Waals surface area contributed by atoms with Gasteiger partial charge in [-0.3, -0.25) is 9.59 Å². The van der Waals surface area contributed by atoms with E-state index in [0.29, 0.717) is 18.7 Å². The van der Waals surface area contributed by atoms with Crippen LogP contribution >= 0.6 is 0 Å². The maximum Gasteiger partial charge on any atom is 0.308 e. The minimum absolute atomic E-state index is 0.0587. The molecule has 0 aromatic heterocycles. The number of aliphatic carboxylic acids is 1. The average molecular weight is 248 g/mol. The minimum Gasteiger partial charge on any atom is -0.481 e. The molecule has 5 nitrogen and oxygen atoms in total.